The second-order valence-electron chi connectivity index (χ2n) is 8.67. The molecule has 4 rings (SSSR count). The van der Waals surface area contributed by atoms with Gasteiger partial charge in [0, 0.05) is 64.9 Å². The van der Waals surface area contributed by atoms with Gasteiger partial charge in [-0.1, -0.05) is 30.3 Å². The van der Waals surface area contributed by atoms with Gasteiger partial charge in [0.05, 0.1) is 11.5 Å². The van der Waals surface area contributed by atoms with Crippen molar-refractivity contribution in [2.24, 2.45) is 7.05 Å². The molecule has 6 heteroatoms. The Labute approximate surface area is 179 Å². The number of amides is 1. The monoisotopic (exact) mass is 410 g/mol. The summed E-state index contributed by atoms with van der Waals surface area (Å²) in [6.45, 7) is 6.01. The van der Waals surface area contributed by atoms with Gasteiger partial charge in [-0.15, -0.1) is 0 Å². The van der Waals surface area contributed by atoms with Gasteiger partial charge in [-0.3, -0.25) is 9.69 Å². The summed E-state index contributed by atoms with van der Waals surface area (Å²) in [4.78, 5) is 18.5. The minimum atomic E-state index is -0.500. The van der Waals surface area contributed by atoms with Crippen molar-refractivity contribution in [2.45, 2.75) is 24.3 Å². The third kappa shape index (κ3) is 4.31. The zero-order valence-electron chi connectivity index (χ0n) is 18.2. The SMILES string of the molecule is CN1CCN(C(CNC(=O)C2(c3ccccc3)CCOCC2)c2cccn2C)CC1. The molecule has 1 aromatic heterocycles. The van der Waals surface area contributed by atoms with Gasteiger partial charge >= 0.3 is 0 Å². The summed E-state index contributed by atoms with van der Waals surface area (Å²) in [6.07, 6.45) is 3.54. The summed E-state index contributed by atoms with van der Waals surface area (Å²) in [6, 6.07) is 14.7. The Bertz CT molecular complexity index is 821. The second-order valence-corrected chi connectivity index (χ2v) is 8.67. The van der Waals surface area contributed by atoms with E-state index in [-0.39, 0.29) is 11.9 Å². The van der Waals surface area contributed by atoms with Crippen molar-refractivity contribution in [2.75, 3.05) is 53.0 Å². The standard InChI is InChI=1S/C24H34N4O2/c1-26-13-15-28(16-14-26)22(21-9-6-12-27(21)2)19-25-23(29)24(10-17-30-18-11-24)20-7-4-3-5-8-20/h3-9,12,22H,10-11,13-19H2,1-2H3,(H,25,29). The molecule has 162 valence electrons. The summed E-state index contributed by atoms with van der Waals surface area (Å²) in [5.41, 5.74) is 1.85. The van der Waals surface area contributed by atoms with Crippen molar-refractivity contribution in [1.29, 1.82) is 0 Å². The van der Waals surface area contributed by atoms with Gasteiger partial charge in [0.15, 0.2) is 0 Å². The first-order chi connectivity index (χ1) is 14.6. The van der Waals surface area contributed by atoms with E-state index in [1.807, 2.05) is 18.2 Å². The van der Waals surface area contributed by atoms with Crippen LogP contribution in [0.25, 0.3) is 0 Å². The molecule has 1 N–H and O–H groups in total. The third-order valence-corrected chi connectivity index (χ3v) is 6.87. The molecule has 6 nitrogen and oxygen atoms in total. The smallest absolute Gasteiger partial charge is 0.230 e. The Morgan fingerprint density at radius 2 is 1.73 bits per heavy atom. The second kappa shape index (κ2) is 9.33. The van der Waals surface area contributed by atoms with E-state index < -0.39 is 5.41 Å². The Hall–Kier alpha value is -2.15. The molecule has 0 bridgehead atoms. The van der Waals surface area contributed by atoms with Crippen molar-refractivity contribution >= 4 is 5.91 Å². The van der Waals surface area contributed by atoms with Gasteiger partial charge in [-0.25, -0.2) is 0 Å². The number of hydrogen-bond donors (Lipinski definition) is 1. The maximum Gasteiger partial charge on any atom is 0.230 e. The van der Waals surface area contributed by atoms with Crippen molar-refractivity contribution in [3.8, 4) is 0 Å². The fourth-order valence-corrected chi connectivity index (χ4v) is 4.86. The normalized spacial score (nSPS) is 21.3. The maximum absolute atomic E-state index is 13.6. The summed E-state index contributed by atoms with van der Waals surface area (Å²) in [5.74, 6) is 0.130. The lowest BCUT2D eigenvalue weighted by molar-refractivity contribution is -0.130. The number of piperazine rings is 1. The van der Waals surface area contributed by atoms with E-state index in [9.17, 15) is 4.79 Å². The molecule has 1 atom stereocenters. The Morgan fingerprint density at radius 1 is 1.03 bits per heavy atom. The van der Waals surface area contributed by atoms with E-state index >= 15 is 0 Å². The molecule has 3 heterocycles. The molecular formula is C24H34N4O2. The van der Waals surface area contributed by atoms with Gasteiger partial charge in [0.2, 0.25) is 5.91 Å². The zero-order valence-corrected chi connectivity index (χ0v) is 18.2. The number of ether oxygens (including phenoxy) is 1. The molecule has 0 spiro atoms. The molecular weight excluding hydrogens is 376 g/mol. The van der Waals surface area contributed by atoms with Crippen LogP contribution >= 0.6 is 0 Å². The fourth-order valence-electron chi connectivity index (χ4n) is 4.86. The van der Waals surface area contributed by atoms with Crippen LogP contribution in [-0.4, -0.2) is 73.3 Å². The lowest BCUT2D eigenvalue weighted by atomic mass is 9.73. The van der Waals surface area contributed by atoms with Crippen molar-refractivity contribution in [3.63, 3.8) is 0 Å². The molecule has 2 fully saturated rings. The van der Waals surface area contributed by atoms with Crippen LogP contribution in [0, 0.1) is 0 Å². The van der Waals surface area contributed by atoms with Crippen LogP contribution in [0.5, 0.6) is 0 Å². The summed E-state index contributed by atoms with van der Waals surface area (Å²) in [7, 11) is 4.26. The van der Waals surface area contributed by atoms with Crippen molar-refractivity contribution in [1.82, 2.24) is 19.7 Å². The fraction of sp³-hybridized carbons (Fsp3) is 0.542. The highest BCUT2D eigenvalue weighted by Gasteiger charge is 2.42. The van der Waals surface area contributed by atoms with Gasteiger partial charge in [-0.05, 0) is 37.6 Å². The number of benzene rings is 1. The van der Waals surface area contributed by atoms with E-state index in [0.29, 0.717) is 19.8 Å². The minimum Gasteiger partial charge on any atom is -0.381 e. The van der Waals surface area contributed by atoms with Crippen LogP contribution in [0.2, 0.25) is 0 Å². The van der Waals surface area contributed by atoms with Gasteiger partial charge in [0.1, 0.15) is 0 Å². The van der Waals surface area contributed by atoms with Crippen LogP contribution < -0.4 is 5.32 Å². The number of carbonyl (C=O) groups is 1. The van der Waals surface area contributed by atoms with Crippen LogP contribution in [0.1, 0.15) is 30.1 Å². The summed E-state index contributed by atoms with van der Waals surface area (Å²) < 4.78 is 7.78. The number of rotatable bonds is 6. The molecule has 2 aliphatic heterocycles. The maximum atomic E-state index is 13.6. The molecule has 1 aromatic carbocycles. The lowest BCUT2D eigenvalue weighted by Crippen LogP contribution is -2.52. The number of nitrogens with one attached hydrogen (secondary N) is 1. The quantitative estimate of drug-likeness (QED) is 0.793. The highest BCUT2D eigenvalue weighted by atomic mass is 16.5. The van der Waals surface area contributed by atoms with Crippen LogP contribution in [0.3, 0.4) is 0 Å². The predicted molar refractivity (Wildman–Crippen MR) is 118 cm³/mol. The molecule has 0 radical (unpaired) electrons. The van der Waals surface area contributed by atoms with E-state index in [1.54, 1.807) is 0 Å². The average molecular weight is 411 g/mol. The number of nitrogens with zero attached hydrogens (tertiary/aromatic N) is 3. The number of aryl methyl sites for hydroxylation is 1. The molecule has 0 saturated carbocycles. The highest BCUT2D eigenvalue weighted by Crippen LogP contribution is 2.35. The first-order valence-electron chi connectivity index (χ1n) is 11.1. The van der Waals surface area contributed by atoms with Gasteiger partial charge in [0.25, 0.3) is 0 Å². The topological polar surface area (TPSA) is 49.7 Å². The summed E-state index contributed by atoms with van der Waals surface area (Å²) >= 11 is 0. The van der Waals surface area contributed by atoms with E-state index in [0.717, 1.165) is 44.6 Å². The van der Waals surface area contributed by atoms with Crippen molar-refractivity contribution < 1.29 is 9.53 Å². The average Bonchev–Trinajstić information content (AvgIpc) is 3.21. The Morgan fingerprint density at radius 3 is 2.37 bits per heavy atom. The van der Waals surface area contributed by atoms with Gasteiger partial charge < -0.3 is 19.5 Å². The molecule has 1 unspecified atom stereocenters. The van der Waals surface area contributed by atoms with E-state index in [1.165, 1.54) is 5.69 Å². The lowest BCUT2D eigenvalue weighted by Gasteiger charge is -2.40. The minimum absolute atomic E-state index is 0.130. The van der Waals surface area contributed by atoms with E-state index in [4.69, 9.17) is 4.74 Å². The van der Waals surface area contributed by atoms with Crippen LogP contribution in [-0.2, 0) is 22.0 Å². The largest absolute Gasteiger partial charge is 0.381 e. The van der Waals surface area contributed by atoms with Crippen LogP contribution in [0.15, 0.2) is 48.7 Å². The predicted octanol–water partition coefficient (Wildman–Crippen LogP) is 2.18. The van der Waals surface area contributed by atoms with Crippen LogP contribution in [0.4, 0.5) is 0 Å². The third-order valence-electron chi connectivity index (χ3n) is 6.87. The molecule has 30 heavy (non-hydrogen) atoms. The highest BCUT2D eigenvalue weighted by molar-refractivity contribution is 5.88. The number of hydrogen-bond acceptors (Lipinski definition) is 4. The number of carbonyl (C=O) groups excluding carboxylic acids is 1. The van der Waals surface area contributed by atoms with E-state index in [2.05, 4.69) is 64.2 Å². The Balaban J connectivity index is 1.53. The zero-order chi connectivity index (χ0) is 21.0. The molecule has 2 aliphatic rings. The first kappa shape index (κ1) is 21.1. The number of aromatic nitrogens is 1. The van der Waals surface area contributed by atoms with Gasteiger partial charge in [-0.2, -0.15) is 0 Å². The van der Waals surface area contributed by atoms with Crippen molar-refractivity contribution in [3.05, 3.63) is 59.9 Å². The Kier molecular flexibility index (Phi) is 6.56. The molecule has 1 amide bonds. The first-order valence-corrected chi connectivity index (χ1v) is 11.1. The molecule has 2 aromatic rings. The molecule has 0 aliphatic carbocycles. The summed E-state index contributed by atoms with van der Waals surface area (Å²) in [5, 5.41) is 3.35. The molecule has 2 saturated heterocycles. The number of likely N-dealkylation sites (N-methyl/N-ethyl adjacent to an activating group) is 1.